The van der Waals surface area contributed by atoms with Crippen molar-refractivity contribution >= 4 is 26.5 Å². The van der Waals surface area contributed by atoms with Crippen molar-refractivity contribution in [1.82, 2.24) is 14.9 Å². The van der Waals surface area contributed by atoms with E-state index >= 15 is 0 Å². The Hall–Kier alpha value is -0.730. The van der Waals surface area contributed by atoms with Gasteiger partial charge in [0.2, 0.25) is 9.47 Å². The molecule has 1 aliphatic rings. The minimum absolute atomic E-state index is 0.0539. The van der Waals surface area contributed by atoms with Gasteiger partial charge >= 0.3 is 0 Å². The Morgan fingerprint density at radius 1 is 1.29 bits per heavy atom. The molecule has 3 N–H and O–H groups in total. The third-order valence-electron chi connectivity index (χ3n) is 2.99. The number of hydrogen-bond acceptors (Lipinski definition) is 6. The van der Waals surface area contributed by atoms with Gasteiger partial charge in [-0.25, -0.2) is 13.1 Å². The highest BCUT2D eigenvalue weighted by Crippen LogP contribution is 2.29. The van der Waals surface area contributed by atoms with Crippen LogP contribution in [0.2, 0.25) is 0 Å². The molecule has 96 valence electrons. The molecule has 0 spiro atoms. The lowest BCUT2D eigenvalue weighted by atomic mass is 9.84. The summed E-state index contributed by atoms with van der Waals surface area (Å²) in [4.78, 5) is 0. The van der Waals surface area contributed by atoms with Gasteiger partial charge in [0, 0.05) is 5.54 Å². The van der Waals surface area contributed by atoms with E-state index in [2.05, 4.69) is 14.9 Å². The zero-order valence-electron chi connectivity index (χ0n) is 9.64. The van der Waals surface area contributed by atoms with E-state index in [9.17, 15) is 8.42 Å². The van der Waals surface area contributed by atoms with Crippen LogP contribution in [-0.4, -0.2) is 24.2 Å². The molecule has 1 aliphatic carbocycles. The maximum absolute atomic E-state index is 12.1. The van der Waals surface area contributed by atoms with Crippen LogP contribution >= 0.6 is 11.3 Å². The van der Waals surface area contributed by atoms with Gasteiger partial charge in [-0.2, -0.15) is 0 Å². The van der Waals surface area contributed by atoms with Crippen molar-refractivity contribution in [3.05, 3.63) is 0 Å². The molecule has 0 saturated heterocycles. The molecule has 17 heavy (non-hydrogen) atoms. The minimum Gasteiger partial charge on any atom is -0.374 e. The second-order valence-electron chi connectivity index (χ2n) is 4.63. The fraction of sp³-hybridized carbons (Fsp3) is 0.778. The number of nitrogens with zero attached hydrogens (tertiary/aromatic N) is 2. The molecule has 0 atom stereocenters. The number of anilines is 1. The predicted molar refractivity (Wildman–Crippen MR) is 66.1 cm³/mol. The van der Waals surface area contributed by atoms with Crippen LogP contribution in [0.3, 0.4) is 0 Å². The maximum atomic E-state index is 12.1. The van der Waals surface area contributed by atoms with Gasteiger partial charge in [-0.3, -0.25) is 0 Å². The zero-order chi connectivity index (χ0) is 12.5. The van der Waals surface area contributed by atoms with Crippen LogP contribution in [0.4, 0.5) is 5.13 Å². The lowest BCUT2D eigenvalue weighted by Crippen LogP contribution is -2.47. The normalized spacial score (nSPS) is 20.3. The lowest BCUT2D eigenvalue weighted by molar-refractivity contribution is 0.294. The van der Waals surface area contributed by atoms with E-state index in [4.69, 9.17) is 5.73 Å². The molecule has 0 bridgehead atoms. The third-order valence-corrected chi connectivity index (χ3v) is 5.75. The van der Waals surface area contributed by atoms with Crippen LogP contribution < -0.4 is 10.5 Å². The Kier molecular flexibility index (Phi) is 3.37. The van der Waals surface area contributed by atoms with Gasteiger partial charge in [-0.1, -0.05) is 30.6 Å². The molecule has 8 heteroatoms. The van der Waals surface area contributed by atoms with Gasteiger partial charge in [-0.05, 0) is 19.8 Å². The first-order chi connectivity index (χ1) is 7.91. The SMILES string of the molecule is CC1(NS(=O)(=O)c2nnc(N)s2)CCCCC1. The summed E-state index contributed by atoms with van der Waals surface area (Å²) in [5.41, 5.74) is 5.03. The first-order valence-corrected chi connectivity index (χ1v) is 7.84. The summed E-state index contributed by atoms with van der Waals surface area (Å²) in [7, 11) is -3.58. The molecular weight excluding hydrogens is 260 g/mol. The Bertz CT molecular complexity index is 491. The fourth-order valence-electron chi connectivity index (χ4n) is 2.13. The Balaban J connectivity index is 2.17. The van der Waals surface area contributed by atoms with Gasteiger partial charge in [0.05, 0.1) is 0 Å². The molecule has 0 unspecified atom stereocenters. The van der Waals surface area contributed by atoms with Crippen LogP contribution in [-0.2, 0) is 10.0 Å². The Morgan fingerprint density at radius 2 is 1.94 bits per heavy atom. The van der Waals surface area contributed by atoms with Crippen molar-refractivity contribution in [1.29, 1.82) is 0 Å². The van der Waals surface area contributed by atoms with E-state index in [0.717, 1.165) is 37.0 Å². The summed E-state index contributed by atoms with van der Waals surface area (Å²) in [5, 5.41) is 7.27. The fourth-order valence-corrected chi connectivity index (χ4v) is 4.38. The van der Waals surface area contributed by atoms with E-state index in [1.807, 2.05) is 6.92 Å². The highest BCUT2D eigenvalue weighted by molar-refractivity contribution is 7.91. The molecular formula is C9H16N4O2S2. The topological polar surface area (TPSA) is 98.0 Å². The molecule has 2 rings (SSSR count). The van der Waals surface area contributed by atoms with Crippen molar-refractivity contribution in [2.24, 2.45) is 0 Å². The summed E-state index contributed by atoms with van der Waals surface area (Å²) in [6.45, 7) is 1.94. The predicted octanol–water partition coefficient (Wildman–Crippen LogP) is 1.12. The largest absolute Gasteiger partial charge is 0.374 e. The average Bonchev–Trinajstić information content (AvgIpc) is 2.65. The molecule has 0 radical (unpaired) electrons. The van der Waals surface area contributed by atoms with Crippen molar-refractivity contribution in [2.45, 2.75) is 48.9 Å². The van der Waals surface area contributed by atoms with E-state index in [-0.39, 0.29) is 15.0 Å². The van der Waals surface area contributed by atoms with E-state index in [0.29, 0.717) is 0 Å². The smallest absolute Gasteiger partial charge is 0.270 e. The van der Waals surface area contributed by atoms with E-state index in [1.165, 1.54) is 6.42 Å². The number of sulfonamides is 1. The van der Waals surface area contributed by atoms with Crippen molar-refractivity contribution in [3.63, 3.8) is 0 Å². The Labute approximate surface area is 105 Å². The van der Waals surface area contributed by atoms with E-state index in [1.54, 1.807) is 0 Å². The maximum Gasteiger partial charge on any atom is 0.270 e. The molecule has 1 heterocycles. The number of hydrogen-bond donors (Lipinski definition) is 2. The highest BCUT2D eigenvalue weighted by Gasteiger charge is 2.33. The van der Waals surface area contributed by atoms with Gasteiger partial charge in [-0.15, -0.1) is 10.2 Å². The summed E-state index contributed by atoms with van der Waals surface area (Å²) < 4.78 is 26.8. The highest BCUT2D eigenvalue weighted by atomic mass is 32.2. The standard InChI is InChI=1S/C9H16N4O2S2/c1-9(5-3-2-4-6-9)13-17(14,15)8-12-11-7(10)16-8/h13H,2-6H2,1H3,(H2,10,11). The van der Waals surface area contributed by atoms with Gasteiger partial charge < -0.3 is 5.73 Å². The first kappa shape index (κ1) is 12.7. The summed E-state index contributed by atoms with van der Waals surface area (Å²) in [6.07, 6.45) is 5.00. The Morgan fingerprint density at radius 3 is 2.47 bits per heavy atom. The number of nitrogen functional groups attached to an aromatic ring is 1. The molecule has 6 nitrogen and oxygen atoms in total. The summed E-state index contributed by atoms with van der Waals surface area (Å²) >= 11 is 0.887. The van der Waals surface area contributed by atoms with Crippen LogP contribution in [0, 0.1) is 0 Å². The van der Waals surface area contributed by atoms with Crippen molar-refractivity contribution in [2.75, 3.05) is 5.73 Å². The number of aromatic nitrogens is 2. The van der Waals surface area contributed by atoms with Gasteiger partial charge in [0.1, 0.15) is 0 Å². The number of nitrogens with two attached hydrogens (primary N) is 1. The second-order valence-corrected chi connectivity index (χ2v) is 7.50. The quantitative estimate of drug-likeness (QED) is 0.862. The number of nitrogens with one attached hydrogen (secondary N) is 1. The molecule has 0 aromatic carbocycles. The molecule has 1 saturated carbocycles. The molecule has 0 aliphatic heterocycles. The van der Waals surface area contributed by atoms with Crippen molar-refractivity contribution < 1.29 is 8.42 Å². The molecule has 1 fully saturated rings. The van der Waals surface area contributed by atoms with Crippen LogP contribution in [0.1, 0.15) is 39.0 Å². The molecule has 0 amide bonds. The third kappa shape index (κ3) is 2.93. The minimum atomic E-state index is -3.58. The number of rotatable bonds is 3. The first-order valence-electron chi connectivity index (χ1n) is 5.54. The summed E-state index contributed by atoms with van der Waals surface area (Å²) in [5.74, 6) is 0. The molecule has 1 aromatic heterocycles. The van der Waals surface area contributed by atoms with Crippen LogP contribution in [0.5, 0.6) is 0 Å². The monoisotopic (exact) mass is 276 g/mol. The van der Waals surface area contributed by atoms with Gasteiger partial charge in [0.25, 0.3) is 10.0 Å². The second kappa shape index (κ2) is 4.51. The van der Waals surface area contributed by atoms with Gasteiger partial charge in [0.15, 0.2) is 0 Å². The van der Waals surface area contributed by atoms with E-state index < -0.39 is 10.0 Å². The zero-order valence-corrected chi connectivity index (χ0v) is 11.3. The van der Waals surface area contributed by atoms with Crippen molar-refractivity contribution in [3.8, 4) is 0 Å². The van der Waals surface area contributed by atoms with Crippen LogP contribution in [0.25, 0.3) is 0 Å². The average molecular weight is 276 g/mol. The van der Waals surface area contributed by atoms with Crippen LogP contribution in [0.15, 0.2) is 4.34 Å². The summed E-state index contributed by atoms with van der Waals surface area (Å²) in [6, 6.07) is 0. The lowest BCUT2D eigenvalue weighted by Gasteiger charge is -2.33. The molecule has 1 aromatic rings.